The van der Waals surface area contributed by atoms with Gasteiger partial charge in [0, 0.05) is 5.02 Å². The summed E-state index contributed by atoms with van der Waals surface area (Å²) in [5, 5.41) is 4.68. The quantitative estimate of drug-likeness (QED) is 0.651. The number of amides is 1. The van der Waals surface area contributed by atoms with Crippen LogP contribution in [0.2, 0.25) is 10.0 Å². The Kier molecular flexibility index (Phi) is 5.08. The molecule has 1 aliphatic rings. The molecule has 6 nitrogen and oxygen atoms in total. The van der Waals surface area contributed by atoms with E-state index in [0.29, 0.717) is 27.3 Å². The number of halogens is 2. The number of carbonyl (C=O) groups excluding carboxylic acids is 1. The molecule has 0 spiro atoms. The maximum absolute atomic E-state index is 11.7. The third kappa shape index (κ3) is 4.10. The molecule has 0 saturated carbocycles. The molecular formula is C16H12Cl2N2O4. The SMILES string of the molecule is O=C(COc1ccc(Cl)cc1Cl)NN=Cc1ccc2c(c1)OCO2. The Morgan fingerprint density at radius 2 is 2.04 bits per heavy atom. The first-order chi connectivity index (χ1) is 11.6. The molecule has 1 aliphatic heterocycles. The van der Waals surface area contributed by atoms with Gasteiger partial charge in [-0.15, -0.1) is 0 Å². The van der Waals surface area contributed by atoms with Gasteiger partial charge in [-0.05, 0) is 42.0 Å². The standard InChI is InChI=1S/C16H12Cl2N2O4/c17-11-2-4-13(12(18)6-11)22-8-16(21)20-19-7-10-1-3-14-15(5-10)24-9-23-14/h1-7H,8-9H2,(H,20,21). The Bertz CT molecular complexity index is 796. The lowest BCUT2D eigenvalue weighted by Gasteiger charge is -2.07. The smallest absolute Gasteiger partial charge is 0.277 e. The summed E-state index contributed by atoms with van der Waals surface area (Å²) in [5.74, 6) is 1.28. The molecule has 0 aromatic heterocycles. The van der Waals surface area contributed by atoms with E-state index in [4.69, 9.17) is 37.4 Å². The van der Waals surface area contributed by atoms with Crippen molar-refractivity contribution in [3.8, 4) is 17.2 Å². The van der Waals surface area contributed by atoms with Gasteiger partial charge in [0.1, 0.15) is 5.75 Å². The number of hydrazone groups is 1. The Morgan fingerprint density at radius 1 is 1.21 bits per heavy atom. The zero-order chi connectivity index (χ0) is 16.9. The molecule has 3 rings (SSSR count). The number of rotatable bonds is 5. The van der Waals surface area contributed by atoms with Crippen molar-refractivity contribution in [2.24, 2.45) is 5.10 Å². The summed E-state index contributed by atoms with van der Waals surface area (Å²) in [5.41, 5.74) is 3.13. The van der Waals surface area contributed by atoms with E-state index in [1.54, 1.807) is 30.3 Å². The van der Waals surface area contributed by atoms with Gasteiger partial charge in [0.25, 0.3) is 5.91 Å². The maximum atomic E-state index is 11.7. The van der Waals surface area contributed by atoms with Crippen molar-refractivity contribution in [2.75, 3.05) is 13.4 Å². The third-order valence-electron chi connectivity index (χ3n) is 3.05. The van der Waals surface area contributed by atoms with Crippen molar-refractivity contribution in [3.63, 3.8) is 0 Å². The summed E-state index contributed by atoms with van der Waals surface area (Å²) in [4.78, 5) is 11.7. The fraction of sp³-hybridized carbons (Fsp3) is 0.125. The van der Waals surface area contributed by atoms with Crippen LogP contribution in [0.3, 0.4) is 0 Å². The Morgan fingerprint density at radius 3 is 2.88 bits per heavy atom. The van der Waals surface area contributed by atoms with E-state index in [1.807, 2.05) is 0 Å². The lowest BCUT2D eigenvalue weighted by atomic mass is 10.2. The summed E-state index contributed by atoms with van der Waals surface area (Å²) >= 11 is 11.7. The average Bonchev–Trinajstić information content (AvgIpc) is 3.02. The number of benzene rings is 2. The summed E-state index contributed by atoms with van der Waals surface area (Å²) < 4.78 is 15.8. The van der Waals surface area contributed by atoms with Crippen LogP contribution < -0.4 is 19.6 Å². The minimum absolute atomic E-state index is 0.206. The first kappa shape index (κ1) is 16.4. The highest BCUT2D eigenvalue weighted by Gasteiger charge is 2.12. The topological polar surface area (TPSA) is 69.2 Å². The highest BCUT2D eigenvalue weighted by atomic mass is 35.5. The molecular weight excluding hydrogens is 355 g/mol. The Labute approximate surface area is 147 Å². The lowest BCUT2D eigenvalue weighted by molar-refractivity contribution is -0.123. The molecule has 0 aliphatic carbocycles. The van der Waals surface area contributed by atoms with Crippen molar-refractivity contribution < 1.29 is 19.0 Å². The van der Waals surface area contributed by atoms with Gasteiger partial charge < -0.3 is 14.2 Å². The molecule has 1 heterocycles. The molecule has 1 amide bonds. The van der Waals surface area contributed by atoms with Crippen LogP contribution in [0.1, 0.15) is 5.56 Å². The molecule has 8 heteroatoms. The summed E-state index contributed by atoms with van der Waals surface area (Å²) in [7, 11) is 0. The lowest BCUT2D eigenvalue weighted by Crippen LogP contribution is -2.24. The van der Waals surface area contributed by atoms with E-state index < -0.39 is 5.91 Å². The molecule has 0 fully saturated rings. The van der Waals surface area contributed by atoms with Crippen molar-refractivity contribution in [3.05, 3.63) is 52.0 Å². The molecule has 24 heavy (non-hydrogen) atoms. The van der Waals surface area contributed by atoms with Crippen LogP contribution in [0, 0.1) is 0 Å². The number of nitrogens with zero attached hydrogens (tertiary/aromatic N) is 1. The van der Waals surface area contributed by atoms with E-state index in [-0.39, 0.29) is 13.4 Å². The average molecular weight is 367 g/mol. The van der Waals surface area contributed by atoms with Crippen molar-refractivity contribution in [2.45, 2.75) is 0 Å². The van der Waals surface area contributed by atoms with E-state index in [2.05, 4.69) is 10.5 Å². The molecule has 0 bridgehead atoms. The van der Waals surface area contributed by atoms with Crippen LogP contribution in [-0.2, 0) is 4.79 Å². The second kappa shape index (κ2) is 7.42. The highest BCUT2D eigenvalue weighted by Crippen LogP contribution is 2.32. The first-order valence-electron chi connectivity index (χ1n) is 6.91. The number of fused-ring (bicyclic) bond motifs is 1. The molecule has 0 saturated heterocycles. The van der Waals surface area contributed by atoms with Crippen molar-refractivity contribution in [1.29, 1.82) is 0 Å². The van der Waals surface area contributed by atoms with Gasteiger partial charge in [-0.3, -0.25) is 4.79 Å². The van der Waals surface area contributed by atoms with Gasteiger partial charge in [0.05, 0.1) is 11.2 Å². The van der Waals surface area contributed by atoms with Gasteiger partial charge in [-0.2, -0.15) is 5.10 Å². The van der Waals surface area contributed by atoms with Crippen LogP contribution in [0.25, 0.3) is 0 Å². The molecule has 0 radical (unpaired) electrons. The Balaban J connectivity index is 1.50. The predicted octanol–water partition coefficient (Wildman–Crippen LogP) is 3.25. The van der Waals surface area contributed by atoms with Gasteiger partial charge in [0.15, 0.2) is 18.1 Å². The molecule has 124 valence electrons. The molecule has 2 aromatic carbocycles. The molecule has 0 atom stereocenters. The number of carbonyl (C=O) groups is 1. The number of ether oxygens (including phenoxy) is 3. The minimum atomic E-state index is -0.419. The van der Waals surface area contributed by atoms with Crippen molar-refractivity contribution in [1.82, 2.24) is 5.43 Å². The molecule has 2 aromatic rings. The second-order valence-electron chi connectivity index (χ2n) is 4.77. The zero-order valence-electron chi connectivity index (χ0n) is 12.3. The van der Waals surface area contributed by atoms with E-state index in [9.17, 15) is 4.79 Å². The van der Waals surface area contributed by atoms with Crippen LogP contribution in [0.4, 0.5) is 0 Å². The fourth-order valence-electron chi connectivity index (χ4n) is 1.94. The van der Waals surface area contributed by atoms with Crippen LogP contribution in [-0.4, -0.2) is 25.5 Å². The van der Waals surface area contributed by atoms with Crippen LogP contribution >= 0.6 is 23.2 Å². The molecule has 0 unspecified atom stereocenters. The zero-order valence-corrected chi connectivity index (χ0v) is 13.8. The number of hydrogen-bond donors (Lipinski definition) is 1. The van der Waals surface area contributed by atoms with E-state index >= 15 is 0 Å². The first-order valence-corrected chi connectivity index (χ1v) is 7.67. The number of nitrogens with one attached hydrogen (secondary N) is 1. The third-order valence-corrected chi connectivity index (χ3v) is 3.58. The minimum Gasteiger partial charge on any atom is -0.482 e. The monoisotopic (exact) mass is 366 g/mol. The van der Waals surface area contributed by atoms with Gasteiger partial charge in [-0.25, -0.2) is 5.43 Å². The maximum Gasteiger partial charge on any atom is 0.277 e. The second-order valence-corrected chi connectivity index (χ2v) is 5.61. The van der Waals surface area contributed by atoms with Crippen LogP contribution in [0.5, 0.6) is 17.2 Å². The van der Waals surface area contributed by atoms with E-state index in [1.165, 1.54) is 12.3 Å². The highest BCUT2D eigenvalue weighted by molar-refractivity contribution is 6.35. The Hall–Kier alpha value is -2.44. The van der Waals surface area contributed by atoms with Gasteiger partial charge in [-0.1, -0.05) is 23.2 Å². The predicted molar refractivity (Wildman–Crippen MR) is 90.3 cm³/mol. The largest absolute Gasteiger partial charge is 0.482 e. The summed E-state index contributed by atoms with van der Waals surface area (Å²) in [6.45, 7) is -0.0168. The van der Waals surface area contributed by atoms with E-state index in [0.717, 1.165) is 5.56 Å². The van der Waals surface area contributed by atoms with Crippen molar-refractivity contribution >= 4 is 35.3 Å². The summed E-state index contributed by atoms with van der Waals surface area (Å²) in [6.07, 6.45) is 1.50. The number of hydrogen-bond acceptors (Lipinski definition) is 5. The van der Waals surface area contributed by atoms with Gasteiger partial charge >= 0.3 is 0 Å². The normalized spacial score (nSPS) is 12.4. The fourth-order valence-corrected chi connectivity index (χ4v) is 2.40. The summed E-state index contributed by atoms with van der Waals surface area (Å²) in [6, 6.07) is 10.1. The van der Waals surface area contributed by atoms with Gasteiger partial charge in [0.2, 0.25) is 6.79 Å². The van der Waals surface area contributed by atoms with Crippen LogP contribution in [0.15, 0.2) is 41.5 Å². The molecule has 1 N–H and O–H groups in total.